The Morgan fingerprint density at radius 1 is 1.00 bits per heavy atom. The lowest BCUT2D eigenvalue weighted by atomic mass is 10.0. The number of aryl methyl sites for hydroxylation is 1. The largest absolute Gasteiger partial charge is 0.437 e. The summed E-state index contributed by atoms with van der Waals surface area (Å²) in [5.74, 6) is 2.26. The van der Waals surface area contributed by atoms with Crippen molar-refractivity contribution in [3.8, 4) is 22.9 Å². The van der Waals surface area contributed by atoms with Crippen LogP contribution in [0, 0.1) is 6.92 Å². The van der Waals surface area contributed by atoms with Crippen LogP contribution in [-0.4, -0.2) is 39.1 Å². The van der Waals surface area contributed by atoms with Gasteiger partial charge in [-0.15, -0.1) is 0 Å². The van der Waals surface area contributed by atoms with Crippen molar-refractivity contribution in [3.05, 3.63) is 102 Å². The normalized spacial score (nSPS) is 15.1. The number of benzene rings is 3. The second kappa shape index (κ2) is 14.0. The fraction of sp³-hybridized carbons (Fsp3) is 0.229. The molecule has 2 N–H and O–H groups in total. The van der Waals surface area contributed by atoms with Crippen LogP contribution in [0.5, 0.6) is 11.6 Å². The molecule has 7 nitrogen and oxygen atoms in total. The number of nitrogens with zero attached hydrogens (tertiary/aromatic N) is 4. The predicted molar refractivity (Wildman–Crippen MR) is 181 cm³/mol. The Labute approximate surface area is 263 Å². The molecule has 1 atom stereocenters. The first-order chi connectivity index (χ1) is 22.0. The van der Waals surface area contributed by atoms with E-state index < -0.39 is 6.43 Å². The molecule has 3 aromatic carbocycles. The Bertz CT molecular complexity index is 1870. The van der Waals surface area contributed by atoms with Gasteiger partial charge in [0.25, 0.3) is 6.43 Å². The molecule has 0 spiro atoms. The number of alkyl halides is 2. The second-order valence-electron chi connectivity index (χ2n) is 10.7. The third-order valence-electron chi connectivity index (χ3n) is 7.58. The van der Waals surface area contributed by atoms with Crippen LogP contribution in [-0.2, 0) is 5.75 Å². The molecule has 2 aromatic heterocycles. The number of aromatic nitrogens is 3. The minimum atomic E-state index is -2.47. The summed E-state index contributed by atoms with van der Waals surface area (Å²) in [6, 6.07) is 22.4. The molecular formula is C35H34F2N6OS. The smallest absolute Gasteiger partial charge is 0.263 e. The zero-order chi connectivity index (χ0) is 31.2. The third kappa shape index (κ3) is 7.24. The highest BCUT2D eigenvalue weighted by Crippen LogP contribution is 2.40. The zero-order valence-electron chi connectivity index (χ0n) is 25.1. The highest BCUT2D eigenvalue weighted by molar-refractivity contribution is 8.15. The Hall–Kier alpha value is -4.54. The first-order valence-corrected chi connectivity index (χ1v) is 16.3. The Morgan fingerprint density at radius 2 is 1.87 bits per heavy atom. The highest BCUT2D eigenvalue weighted by Gasteiger charge is 2.16. The van der Waals surface area contributed by atoms with Crippen LogP contribution in [0.2, 0.25) is 0 Å². The Kier molecular flexibility index (Phi) is 9.52. The van der Waals surface area contributed by atoms with Gasteiger partial charge in [0, 0.05) is 46.7 Å². The maximum Gasteiger partial charge on any atom is 0.263 e. The maximum absolute atomic E-state index is 13.0. The SMILES string of the molecule is C/C=S(/Cc1ccc(C(F)F)cc1)Nc1cccc2c(Oc3ncccc3-c3ccnc(N=C4CCCNC4)n3)c(C)ccc12. The Balaban J connectivity index is 1.29. The number of nitrogens with one attached hydrogen (secondary N) is 2. The van der Waals surface area contributed by atoms with Crippen molar-refractivity contribution in [2.24, 2.45) is 4.99 Å². The van der Waals surface area contributed by atoms with E-state index in [4.69, 9.17) is 9.72 Å². The summed E-state index contributed by atoms with van der Waals surface area (Å²) in [5.41, 5.74) is 5.42. The first-order valence-electron chi connectivity index (χ1n) is 14.9. The van der Waals surface area contributed by atoms with Crippen LogP contribution < -0.4 is 14.8 Å². The van der Waals surface area contributed by atoms with Gasteiger partial charge >= 0.3 is 0 Å². The number of ether oxygens (including phenoxy) is 1. The molecule has 10 heteroatoms. The number of pyridine rings is 1. The summed E-state index contributed by atoms with van der Waals surface area (Å²) in [6.07, 6.45) is 2.94. The Morgan fingerprint density at radius 3 is 2.64 bits per heavy atom. The van der Waals surface area contributed by atoms with Crippen molar-refractivity contribution in [1.82, 2.24) is 20.3 Å². The molecule has 0 bridgehead atoms. The van der Waals surface area contributed by atoms with E-state index in [-0.39, 0.29) is 16.2 Å². The first kappa shape index (κ1) is 30.5. The van der Waals surface area contributed by atoms with Crippen LogP contribution in [0.4, 0.5) is 20.4 Å². The van der Waals surface area contributed by atoms with Gasteiger partial charge in [0.1, 0.15) is 5.75 Å². The monoisotopic (exact) mass is 624 g/mol. The van der Waals surface area contributed by atoms with Gasteiger partial charge in [-0.25, -0.2) is 28.7 Å². The molecule has 45 heavy (non-hydrogen) atoms. The average Bonchev–Trinajstić information content (AvgIpc) is 3.07. The van der Waals surface area contributed by atoms with E-state index in [2.05, 4.69) is 36.4 Å². The van der Waals surface area contributed by atoms with Crippen LogP contribution in [0.1, 0.15) is 42.9 Å². The van der Waals surface area contributed by atoms with E-state index in [0.717, 1.165) is 64.8 Å². The van der Waals surface area contributed by atoms with E-state index in [1.165, 1.54) is 12.1 Å². The maximum atomic E-state index is 13.0. The van der Waals surface area contributed by atoms with E-state index >= 15 is 0 Å². The van der Waals surface area contributed by atoms with Gasteiger partial charge in [0.05, 0.1) is 16.9 Å². The van der Waals surface area contributed by atoms with Crippen molar-refractivity contribution in [3.63, 3.8) is 0 Å². The number of rotatable bonds is 9. The zero-order valence-corrected chi connectivity index (χ0v) is 26.0. The molecule has 1 saturated heterocycles. The van der Waals surface area contributed by atoms with E-state index in [0.29, 0.717) is 29.0 Å². The highest BCUT2D eigenvalue weighted by atomic mass is 32.2. The lowest BCUT2D eigenvalue weighted by Crippen LogP contribution is -2.29. The van der Waals surface area contributed by atoms with Gasteiger partial charge < -0.3 is 14.8 Å². The standard InChI is InChI=1S/C35H34F2N6OS/c1-3-45(22-24-12-14-25(15-13-24)33(36)37)43-31-10-4-8-28-27(31)16-11-23(2)32(28)44-34-29(9-6-19-39-34)30-17-20-40-35(42-30)41-26-7-5-18-38-21-26/h3-4,6,8-17,19-20,33,38,43H,5,7,18,21-22H2,1-2H3. The van der Waals surface area contributed by atoms with Crippen molar-refractivity contribution in [1.29, 1.82) is 0 Å². The van der Waals surface area contributed by atoms with Gasteiger partial charge in [-0.3, -0.25) is 0 Å². The van der Waals surface area contributed by atoms with Crippen molar-refractivity contribution >= 4 is 44.2 Å². The average molecular weight is 625 g/mol. The van der Waals surface area contributed by atoms with Crippen LogP contribution in [0.25, 0.3) is 22.0 Å². The van der Waals surface area contributed by atoms with Crippen LogP contribution in [0.15, 0.2) is 90.2 Å². The number of aliphatic imine (C=N–C) groups is 1. The molecule has 6 rings (SSSR count). The molecule has 0 radical (unpaired) electrons. The minimum absolute atomic E-state index is 0.0336. The summed E-state index contributed by atoms with van der Waals surface area (Å²) in [4.78, 5) is 18.4. The predicted octanol–water partition coefficient (Wildman–Crippen LogP) is 8.80. The fourth-order valence-corrected chi connectivity index (χ4v) is 6.58. The summed E-state index contributed by atoms with van der Waals surface area (Å²) >= 11 is 0. The number of fused-ring (bicyclic) bond motifs is 1. The third-order valence-corrected chi connectivity index (χ3v) is 9.28. The van der Waals surface area contributed by atoms with Crippen molar-refractivity contribution in [2.75, 3.05) is 17.8 Å². The minimum Gasteiger partial charge on any atom is -0.437 e. The molecule has 1 fully saturated rings. The van der Waals surface area contributed by atoms with Gasteiger partial charge in [0.2, 0.25) is 11.8 Å². The van der Waals surface area contributed by atoms with Gasteiger partial charge in [-0.2, -0.15) is 0 Å². The quantitative estimate of drug-likeness (QED) is 0.160. The molecule has 3 heterocycles. The molecule has 1 unspecified atom stereocenters. The molecule has 230 valence electrons. The number of anilines is 1. The molecule has 0 aliphatic carbocycles. The molecule has 1 aliphatic heterocycles. The number of hydrogen-bond acceptors (Lipinski definition) is 7. The van der Waals surface area contributed by atoms with Crippen LogP contribution >= 0.6 is 10.7 Å². The lowest BCUT2D eigenvalue weighted by molar-refractivity contribution is 0.151. The van der Waals surface area contributed by atoms with Crippen LogP contribution in [0.3, 0.4) is 0 Å². The van der Waals surface area contributed by atoms with Crippen molar-refractivity contribution in [2.45, 2.75) is 38.9 Å². The molecular weight excluding hydrogens is 590 g/mol. The molecule has 0 saturated carbocycles. The molecule has 5 aromatic rings. The van der Waals surface area contributed by atoms with Gasteiger partial charge in [-0.05, 0) is 74.0 Å². The summed E-state index contributed by atoms with van der Waals surface area (Å²) in [5, 5.41) is 7.40. The number of hydrogen-bond donors (Lipinski definition) is 2. The van der Waals surface area contributed by atoms with E-state index in [1.807, 2.05) is 56.3 Å². The topological polar surface area (TPSA) is 84.3 Å². The summed E-state index contributed by atoms with van der Waals surface area (Å²) < 4.78 is 36.3. The van der Waals surface area contributed by atoms with E-state index in [9.17, 15) is 8.78 Å². The number of piperidine rings is 1. The molecule has 0 amide bonds. The lowest BCUT2D eigenvalue weighted by Gasteiger charge is -2.18. The fourth-order valence-electron chi connectivity index (χ4n) is 5.21. The summed E-state index contributed by atoms with van der Waals surface area (Å²) in [7, 11) is -0.335. The van der Waals surface area contributed by atoms with E-state index in [1.54, 1.807) is 24.5 Å². The number of halogens is 2. The van der Waals surface area contributed by atoms with Crippen molar-refractivity contribution < 1.29 is 13.5 Å². The molecule has 1 aliphatic rings. The summed E-state index contributed by atoms with van der Waals surface area (Å²) in [6.45, 7) is 5.77. The second-order valence-corrected chi connectivity index (χ2v) is 12.5. The van der Waals surface area contributed by atoms with Gasteiger partial charge in [-0.1, -0.05) is 59.2 Å². The van der Waals surface area contributed by atoms with Gasteiger partial charge in [0.15, 0.2) is 0 Å².